The van der Waals surface area contributed by atoms with Gasteiger partial charge in [0.05, 0.1) is 11.8 Å². The summed E-state index contributed by atoms with van der Waals surface area (Å²) in [4.78, 5) is 11.9. The lowest BCUT2D eigenvalue weighted by atomic mass is 10.1. The first-order chi connectivity index (χ1) is 9.77. The lowest BCUT2D eigenvalue weighted by molar-refractivity contribution is -0.137. The summed E-state index contributed by atoms with van der Waals surface area (Å²) in [5, 5.41) is 6.24. The molecule has 8 heteroatoms. The van der Waals surface area contributed by atoms with Gasteiger partial charge in [0.1, 0.15) is 6.04 Å². The number of aryl methyl sites for hydroxylation is 1. The summed E-state index contributed by atoms with van der Waals surface area (Å²) >= 11 is 0. The number of benzene rings is 1. The second-order valence-corrected chi connectivity index (χ2v) is 4.49. The van der Waals surface area contributed by atoms with Gasteiger partial charge in [0.25, 0.3) is 0 Å². The fourth-order valence-electron chi connectivity index (χ4n) is 1.75. The minimum absolute atomic E-state index is 0.0363. The quantitative estimate of drug-likeness (QED) is 0.911. The summed E-state index contributed by atoms with van der Waals surface area (Å²) < 4.78 is 39.2. The molecule has 1 aromatic carbocycles. The van der Waals surface area contributed by atoms with E-state index in [2.05, 4.69) is 10.4 Å². The Labute approximate surface area is 118 Å². The highest BCUT2D eigenvalue weighted by atomic mass is 19.4. The highest BCUT2D eigenvalue weighted by Crippen LogP contribution is 2.30. The number of aromatic nitrogens is 2. The van der Waals surface area contributed by atoms with E-state index in [4.69, 9.17) is 5.73 Å². The third-order valence-corrected chi connectivity index (χ3v) is 2.82. The molecule has 0 saturated carbocycles. The van der Waals surface area contributed by atoms with E-state index in [0.717, 1.165) is 12.1 Å². The molecule has 2 aromatic rings. The summed E-state index contributed by atoms with van der Waals surface area (Å²) in [5.41, 5.74) is 5.41. The largest absolute Gasteiger partial charge is 0.416 e. The first kappa shape index (κ1) is 15.0. The third kappa shape index (κ3) is 3.60. The van der Waals surface area contributed by atoms with Crippen LogP contribution >= 0.6 is 0 Å². The highest BCUT2D eigenvalue weighted by Gasteiger charge is 2.30. The van der Waals surface area contributed by atoms with Crippen LogP contribution in [-0.4, -0.2) is 15.7 Å². The Hall–Kier alpha value is -2.35. The smallest absolute Gasteiger partial charge is 0.324 e. The number of nitrogens with zero attached hydrogens (tertiary/aromatic N) is 2. The second-order valence-electron chi connectivity index (χ2n) is 4.49. The monoisotopic (exact) mass is 298 g/mol. The van der Waals surface area contributed by atoms with Gasteiger partial charge in [-0.05, 0) is 18.2 Å². The number of hydrogen-bond acceptors (Lipinski definition) is 3. The van der Waals surface area contributed by atoms with Crippen molar-refractivity contribution in [1.29, 1.82) is 0 Å². The number of nitrogens with two attached hydrogens (primary N) is 1. The summed E-state index contributed by atoms with van der Waals surface area (Å²) in [6.45, 7) is 0. The van der Waals surface area contributed by atoms with Gasteiger partial charge in [-0.1, -0.05) is 6.07 Å². The van der Waals surface area contributed by atoms with Gasteiger partial charge in [0.2, 0.25) is 5.91 Å². The fraction of sp³-hybridized carbons (Fsp3) is 0.231. The van der Waals surface area contributed by atoms with E-state index in [9.17, 15) is 18.0 Å². The van der Waals surface area contributed by atoms with Crippen molar-refractivity contribution in [2.75, 3.05) is 5.32 Å². The molecule has 3 N–H and O–H groups in total. The molecule has 5 nitrogen and oxygen atoms in total. The van der Waals surface area contributed by atoms with E-state index in [1.165, 1.54) is 23.0 Å². The van der Waals surface area contributed by atoms with Gasteiger partial charge in [-0.25, -0.2) is 0 Å². The molecule has 0 bridgehead atoms. The van der Waals surface area contributed by atoms with Crippen molar-refractivity contribution >= 4 is 11.6 Å². The normalized spacial score (nSPS) is 13.0. The lowest BCUT2D eigenvalue weighted by Crippen LogP contribution is -2.27. The molecule has 0 aliphatic carbocycles. The molecule has 1 amide bonds. The summed E-state index contributed by atoms with van der Waals surface area (Å²) in [7, 11) is 1.67. The van der Waals surface area contributed by atoms with Crippen LogP contribution in [0.1, 0.15) is 17.2 Å². The van der Waals surface area contributed by atoms with Gasteiger partial charge < -0.3 is 11.1 Å². The molecule has 2 rings (SSSR count). The number of halogens is 3. The van der Waals surface area contributed by atoms with Crippen molar-refractivity contribution in [3.63, 3.8) is 0 Å². The topological polar surface area (TPSA) is 72.9 Å². The summed E-state index contributed by atoms with van der Waals surface area (Å²) in [6, 6.07) is 3.36. The molecule has 21 heavy (non-hydrogen) atoms. The molecule has 0 aliphatic rings. The number of amides is 1. The Bertz CT molecular complexity index is 651. The van der Waals surface area contributed by atoms with Crippen molar-refractivity contribution < 1.29 is 18.0 Å². The first-order valence-electron chi connectivity index (χ1n) is 5.99. The van der Waals surface area contributed by atoms with Gasteiger partial charge in [-0.2, -0.15) is 18.3 Å². The van der Waals surface area contributed by atoms with E-state index in [1.807, 2.05) is 0 Å². The van der Waals surface area contributed by atoms with Crippen molar-refractivity contribution in [1.82, 2.24) is 9.78 Å². The number of carbonyl (C=O) groups excluding carboxylic acids is 1. The van der Waals surface area contributed by atoms with Gasteiger partial charge in [-0.15, -0.1) is 0 Å². The van der Waals surface area contributed by atoms with Gasteiger partial charge in [0, 0.05) is 24.5 Å². The van der Waals surface area contributed by atoms with Crippen LogP contribution in [-0.2, 0) is 18.0 Å². The van der Waals surface area contributed by atoms with Crippen LogP contribution in [0.4, 0.5) is 18.9 Å². The Kier molecular flexibility index (Phi) is 3.99. The summed E-state index contributed by atoms with van der Waals surface area (Å²) in [5.74, 6) is -0.609. The molecular formula is C13H13F3N4O. The number of hydrogen-bond donors (Lipinski definition) is 2. The molecule has 1 atom stereocenters. The maximum atomic E-state index is 12.6. The van der Waals surface area contributed by atoms with Crippen LogP contribution in [0.3, 0.4) is 0 Å². The lowest BCUT2D eigenvalue weighted by Gasteiger charge is -2.12. The van der Waals surface area contributed by atoms with E-state index in [-0.39, 0.29) is 5.69 Å². The molecule has 0 fully saturated rings. The average Bonchev–Trinajstić information content (AvgIpc) is 2.84. The van der Waals surface area contributed by atoms with Crippen LogP contribution in [0.5, 0.6) is 0 Å². The van der Waals surface area contributed by atoms with Crippen LogP contribution in [0.15, 0.2) is 36.7 Å². The van der Waals surface area contributed by atoms with Crippen LogP contribution in [0.25, 0.3) is 0 Å². The molecule has 0 spiro atoms. The van der Waals surface area contributed by atoms with Crippen molar-refractivity contribution in [2.24, 2.45) is 12.8 Å². The van der Waals surface area contributed by atoms with E-state index in [0.29, 0.717) is 5.56 Å². The number of rotatable bonds is 3. The number of carbonyl (C=O) groups is 1. The molecule has 0 saturated heterocycles. The molecule has 0 aliphatic heterocycles. The maximum absolute atomic E-state index is 12.6. The maximum Gasteiger partial charge on any atom is 0.416 e. The zero-order valence-electron chi connectivity index (χ0n) is 11.1. The van der Waals surface area contributed by atoms with Crippen LogP contribution < -0.4 is 11.1 Å². The molecule has 1 aromatic heterocycles. The predicted octanol–water partition coefficient (Wildman–Crippen LogP) is 2.08. The molecule has 1 heterocycles. The first-order valence-corrected chi connectivity index (χ1v) is 5.99. The fourth-order valence-corrected chi connectivity index (χ4v) is 1.75. The zero-order chi connectivity index (χ0) is 15.6. The van der Waals surface area contributed by atoms with Crippen molar-refractivity contribution in [3.05, 3.63) is 47.8 Å². The third-order valence-electron chi connectivity index (χ3n) is 2.82. The Balaban J connectivity index is 2.13. The number of nitrogens with one attached hydrogen (secondary N) is 1. The van der Waals surface area contributed by atoms with Crippen LogP contribution in [0, 0.1) is 0 Å². The van der Waals surface area contributed by atoms with Crippen LogP contribution in [0.2, 0.25) is 0 Å². The van der Waals surface area contributed by atoms with E-state index >= 15 is 0 Å². The van der Waals surface area contributed by atoms with Gasteiger partial charge in [-0.3, -0.25) is 9.48 Å². The van der Waals surface area contributed by atoms with Crippen molar-refractivity contribution in [3.8, 4) is 0 Å². The van der Waals surface area contributed by atoms with Gasteiger partial charge in [0.15, 0.2) is 0 Å². The van der Waals surface area contributed by atoms with Gasteiger partial charge >= 0.3 is 6.18 Å². The highest BCUT2D eigenvalue weighted by molar-refractivity contribution is 5.95. The minimum atomic E-state index is -4.47. The molecular weight excluding hydrogens is 285 g/mol. The molecule has 1 unspecified atom stereocenters. The SMILES string of the molecule is Cn1cc(C(N)C(=O)Nc2cccc(C(F)(F)F)c2)cn1. The standard InChI is InChI=1S/C13H13F3N4O/c1-20-7-8(6-18-20)11(17)12(21)19-10-4-2-3-9(5-10)13(14,15)16/h2-7,11H,17H2,1H3,(H,19,21). The van der Waals surface area contributed by atoms with E-state index < -0.39 is 23.7 Å². The van der Waals surface area contributed by atoms with E-state index in [1.54, 1.807) is 13.2 Å². The predicted molar refractivity (Wildman–Crippen MR) is 70.2 cm³/mol. The Morgan fingerprint density at radius 2 is 2.14 bits per heavy atom. The number of alkyl halides is 3. The number of anilines is 1. The van der Waals surface area contributed by atoms with Crippen molar-refractivity contribution in [2.45, 2.75) is 12.2 Å². The Morgan fingerprint density at radius 1 is 1.43 bits per heavy atom. The second kappa shape index (κ2) is 5.57. The zero-order valence-corrected chi connectivity index (χ0v) is 11.1. The summed E-state index contributed by atoms with van der Waals surface area (Å²) in [6.07, 6.45) is -1.47. The average molecular weight is 298 g/mol. The molecule has 0 radical (unpaired) electrons. The minimum Gasteiger partial charge on any atom is -0.324 e. The molecule has 112 valence electrons. The Morgan fingerprint density at radius 3 is 2.71 bits per heavy atom.